The van der Waals surface area contributed by atoms with Crippen molar-refractivity contribution in [2.45, 2.75) is 32.4 Å². The number of anilines is 2. The Morgan fingerprint density at radius 1 is 1.13 bits per heavy atom. The third-order valence-corrected chi connectivity index (χ3v) is 5.33. The van der Waals surface area contributed by atoms with Gasteiger partial charge in [0.25, 0.3) is 11.8 Å². The molecule has 0 aromatic heterocycles. The quantitative estimate of drug-likeness (QED) is 0.743. The van der Waals surface area contributed by atoms with Gasteiger partial charge in [0, 0.05) is 11.8 Å². The van der Waals surface area contributed by atoms with Gasteiger partial charge in [-0.25, -0.2) is 13.7 Å². The second-order valence-electron chi connectivity index (χ2n) is 7.31. The van der Waals surface area contributed by atoms with Gasteiger partial charge in [0.2, 0.25) is 5.91 Å². The van der Waals surface area contributed by atoms with Crippen molar-refractivity contribution in [3.8, 4) is 0 Å². The zero-order chi connectivity index (χ0) is 22.3. The van der Waals surface area contributed by atoms with Crippen molar-refractivity contribution in [2.24, 2.45) is 10.3 Å². The standard InChI is InChI=1S/C21H19F2N5O3/c1-3-12-6-4-5-11(2)17(12)24-16(29)10-27-19-18(25-26-27)20(30)28(21(19)31)13-7-8-14(22)15(23)9-13/h4-9,18-19H,3,10H2,1-2H3,(H,24,29)/t18-,19+/m0/s1. The van der Waals surface area contributed by atoms with E-state index in [2.05, 4.69) is 15.7 Å². The van der Waals surface area contributed by atoms with E-state index in [0.29, 0.717) is 5.69 Å². The fourth-order valence-electron chi connectivity index (χ4n) is 3.76. The molecule has 160 valence electrons. The van der Waals surface area contributed by atoms with Crippen molar-refractivity contribution in [3.63, 3.8) is 0 Å². The minimum absolute atomic E-state index is 0.101. The zero-order valence-electron chi connectivity index (χ0n) is 16.8. The lowest BCUT2D eigenvalue weighted by Gasteiger charge is -2.21. The number of halogens is 2. The predicted octanol–water partition coefficient (Wildman–Crippen LogP) is 2.77. The molecule has 2 heterocycles. The molecule has 0 spiro atoms. The van der Waals surface area contributed by atoms with Crippen LogP contribution in [0.1, 0.15) is 18.1 Å². The number of nitrogens with one attached hydrogen (secondary N) is 1. The van der Waals surface area contributed by atoms with Gasteiger partial charge in [-0.15, -0.1) is 0 Å². The number of carbonyl (C=O) groups is 3. The highest BCUT2D eigenvalue weighted by Crippen LogP contribution is 2.32. The first-order valence-corrected chi connectivity index (χ1v) is 9.70. The Labute approximate surface area is 176 Å². The van der Waals surface area contributed by atoms with Gasteiger partial charge in [0.15, 0.2) is 23.7 Å². The highest BCUT2D eigenvalue weighted by Gasteiger charge is 2.55. The number of aryl methyl sites for hydroxylation is 2. The number of fused-ring (bicyclic) bond motifs is 1. The molecule has 0 aliphatic carbocycles. The number of carbonyl (C=O) groups excluding carboxylic acids is 3. The van der Waals surface area contributed by atoms with E-state index in [9.17, 15) is 23.2 Å². The first kappa shape index (κ1) is 20.6. The summed E-state index contributed by atoms with van der Waals surface area (Å²) >= 11 is 0. The molecule has 3 amide bonds. The van der Waals surface area contributed by atoms with Crippen molar-refractivity contribution in [3.05, 3.63) is 59.2 Å². The van der Waals surface area contributed by atoms with Gasteiger partial charge in [-0.05, 0) is 36.6 Å². The topological polar surface area (TPSA) is 94.4 Å². The lowest BCUT2D eigenvalue weighted by molar-refractivity contribution is -0.123. The molecular formula is C21H19F2N5O3. The number of hydrogen-bond donors (Lipinski definition) is 1. The zero-order valence-corrected chi connectivity index (χ0v) is 16.8. The molecule has 1 saturated heterocycles. The molecule has 0 unspecified atom stereocenters. The Morgan fingerprint density at radius 2 is 1.90 bits per heavy atom. The highest BCUT2D eigenvalue weighted by molar-refractivity contribution is 6.25. The van der Waals surface area contributed by atoms with Crippen LogP contribution in [0.25, 0.3) is 0 Å². The number of para-hydroxylation sites is 1. The van der Waals surface area contributed by atoms with Crippen LogP contribution in [0.5, 0.6) is 0 Å². The van der Waals surface area contributed by atoms with E-state index in [1.165, 1.54) is 0 Å². The van der Waals surface area contributed by atoms with E-state index in [1.807, 2.05) is 32.0 Å². The monoisotopic (exact) mass is 427 g/mol. The Kier molecular flexibility index (Phi) is 5.22. The smallest absolute Gasteiger partial charge is 0.263 e. The molecule has 1 fully saturated rings. The van der Waals surface area contributed by atoms with Gasteiger partial charge < -0.3 is 5.32 Å². The van der Waals surface area contributed by atoms with Crippen LogP contribution in [-0.4, -0.2) is 41.4 Å². The minimum atomic E-state index is -1.18. The lowest BCUT2D eigenvalue weighted by atomic mass is 10.1. The van der Waals surface area contributed by atoms with Crippen molar-refractivity contribution >= 4 is 29.1 Å². The summed E-state index contributed by atoms with van der Waals surface area (Å²) in [6, 6.07) is 6.16. The molecule has 2 aromatic carbocycles. The van der Waals surface area contributed by atoms with Crippen LogP contribution in [-0.2, 0) is 20.8 Å². The molecule has 10 heteroatoms. The largest absolute Gasteiger partial charge is 0.324 e. The van der Waals surface area contributed by atoms with Gasteiger partial charge in [-0.2, -0.15) is 5.11 Å². The Morgan fingerprint density at radius 3 is 2.61 bits per heavy atom. The number of nitrogens with zero attached hydrogens (tertiary/aromatic N) is 4. The third-order valence-electron chi connectivity index (χ3n) is 5.33. The fraction of sp³-hybridized carbons (Fsp3) is 0.286. The molecule has 2 aliphatic rings. The van der Waals surface area contributed by atoms with E-state index < -0.39 is 41.4 Å². The second-order valence-corrected chi connectivity index (χ2v) is 7.31. The molecular weight excluding hydrogens is 408 g/mol. The normalized spacial score (nSPS) is 19.9. The fourth-order valence-corrected chi connectivity index (χ4v) is 3.76. The Hall–Kier alpha value is -3.69. The van der Waals surface area contributed by atoms with Crippen molar-refractivity contribution in [2.75, 3.05) is 16.8 Å². The van der Waals surface area contributed by atoms with Gasteiger partial charge in [0.1, 0.15) is 6.54 Å². The van der Waals surface area contributed by atoms with Crippen molar-refractivity contribution < 1.29 is 23.2 Å². The van der Waals surface area contributed by atoms with Crippen LogP contribution in [0.2, 0.25) is 0 Å². The summed E-state index contributed by atoms with van der Waals surface area (Å²) in [7, 11) is 0. The van der Waals surface area contributed by atoms with Crippen LogP contribution in [0, 0.1) is 18.6 Å². The number of rotatable bonds is 5. The van der Waals surface area contributed by atoms with Gasteiger partial charge in [0.05, 0.1) is 5.69 Å². The van der Waals surface area contributed by atoms with Crippen LogP contribution >= 0.6 is 0 Å². The number of imide groups is 1. The second kappa shape index (κ2) is 7.86. The summed E-state index contributed by atoms with van der Waals surface area (Å²) in [5.41, 5.74) is 2.45. The maximum Gasteiger partial charge on any atom is 0.263 e. The number of hydrogen-bond acceptors (Lipinski definition) is 6. The number of amides is 3. The Bertz CT molecular complexity index is 1120. The average molecular weight is 427 g/mol. The maximum atomic E-state index is 13.6. The first-order chi connectivity index (χ1) is 14.8. The molecule has 2 aromatic rings. The molecule has 0 radical (unpaired) electrons. The van der Waals surface area contributed by atoms with Crippen LogP contribution in [0.4, 0.5) is 20.2 Å². The summed E-state index contributed by atoms with van der Waals surface area (Å²) in [6.45, 7) is 3.55. The van der Waals surface area contributed by atoms with E-state index in [0.717, 1.165) is 45.7 Å². The molecule has 2 atom stereocenters. The van der Waals surface area contributed by atoms with E-state index >= 15 is 0 Å². The van der Waals surface area contributed by atoms with E-state index in [4.69, 9.17) is 0 Å². The lowest BCUT2D eigenvalue weighted by Crippen LogP contribution is -2.43. The molecule has 31 heavy (non-hydrogen) atoms. The van der Waals surface area contributed by atoms with Crippen LogP contribution in [0.15, 0.2) is 46.7 Å². The number of benzene rings is 2. The molecule has 4 rings (SSSR count). The maximum absolute atomic E-state index is 13.6. The molecule has 0 bridgehead atoms. The SMILES string of the molecule is CCc1cccc(C)c1NC(=O)CN1N=N[C@@H]2C(=O)N(c3ccc(F)c(F)c3)C(=O)[C@@H]21. The summed E-state index contributed by atoms with van der Waals surface area (Å²) in [5.74, 6) is -4.11. The predicted molar refractivity (Wildman–Crippen MR) is 107 cm³/mol. The van der Waals surface area contributed by atoms with Crippen molar-refractivity contribution in [1.82, 2.24) is 5.01 Å². The van der Waals surface area contributed by atoms with Crippen LogP contribution < -0.4 is 10.2 Å². The minimum Gasteiger partial charge on any atom is -0.324 e. The molecule has 8 nitrogen and oxygen atoms in total. The third kappa shape index (κ3) is 3.54. The summed E-state index contributed by atoms with van der Waals surface area (Å²) < 4.78 is 26.8. The Balaban J connectivity index is 1.52. The van der Waals surface area contributed by atoms with Crippen molar-refractivity contribution in [1.29, 1.82) is 0 Å². The molecule has 1 N–H and O–H groups in total. The van der Waals surface area contributed by atoms with Gasteiger partial charge in [-0.3, -0.25) is 19.4 Å². The average Bonchev–Trinajstić information content (AvgIpc) is 3.25. The first-order valence-electron chi connectivity index (χ1n) is 9.70. The van der Waals surface area contributed by atoms with Gasteiger partial charge in [-0.1, -0.05) is 30.3 Å². The summed E-state index contributed by atoms with van der Waals surface area (Å²) in [6.07, 6.45) is 0.724. The van der Waals surface area contributed by atoms with E-state index in [1.54, 1.807) is 0 Å². The molecule has 0 saturated carbocycles. The van der Waals surface area contributed by atoms with Gasteiger partial charge >= 0.3 is 0 Å². The van der Waals surface area contributed by atoms with Crippen LogP contribution in [0.3, 0.4) is 0 Å². The van der Waals surface area contributed by atoms with E-state index in [-0.39, 0.29) is 12.2 Å². The molecule has 2 aliphatic heterocycles. The highest BCUT2D eigenvalue weighted by atomic mass is 19.2. The summed E-state index contributed by atoms with van der Waals surface area (Å²) in [5, 5.41) is 11.6. The summed E-state index contributed by atoms with van der Waals surface area (Å²) in [4.78, 5) is 38.9.